The molecule has 0 saturated carbocycles. The molecule has 7 heteroatoms. The average Bonchev–Trinajstić information content (AvgIpc) is 3.17. The van der Waals surface area contributed by atoms with Crippen molar-refractivity contribution >= 4 is 34.2 Å². The lowest BCUT2D eigenvalue weighted by Gasteiger charge is -2.03. The lowest BCUT2D eigenvalue weighted by molar-refractivity contribution is 0.415. The number of benzene rings is 2. The van der Waals surface area contributed by atoms with E-state index in [1.807, 2.05) is 42.5 Å². The maximum atomic E-state index is 13.1. The van der Waals surface area contributed by atoms with Crippen LogP contribution in [0.2, 0.25) is 0 Å². The van der Waals surface area contributed by atoms with Gasteiger partial charge in [0.15, 0.2) is 0 Å². The van der Waals surface area contributed by atoms with Gasteiger partial charge in [-0.15, -0.1) is 4.68 Å². The van der Waals surface area contributed by atoms with E-state index in [4.69, 9.17) is 4.74 Å². The third kappa shape index (κ3) is 4.42. The highest BCUT2D eigenvalue weighted by atomic mass is 16.5. The largest absolute Gasteiger partial charge is 0.497 e. The number of aromatic amines is 2. The first-order chi connectivity index (χ1) is 15.6. The molecule has 0 aliphatic carbocycles. The quantitative estimate of drug-likeness (QED) is 0.314. The van der Waals surface area contributed by atoms with Crippen molar-refractivity contribution in [3.05, 3.63) is 80.5 Å². The topological polar surface area (TPSA) is 92.2 Å². The van der Waals surface area contributed by atoms with Crippen molar-refractivity contribution < 1.29 is 4.74 Å². The van der Waals surface area contributed by atoms with Crippen molar-refractivity contribution in [2.24, 2.45) is 5.10 Å². The van der Waals surface area contributed by atoms with E-state index >= 15 is 0 Å². The summed E-state index contributed by atoms with van der Waals surface area (Å²) in [7, 11) is 1.57. The molecule has 32 heavy (non-hydrogen) atoms. The monoisotopic (exact) mass is 430 g/mol. The Morgan fingerprint density at radius 1 is 1.06 bits per heavy atom. The molecule has 0 aliphatic heterocycles. The molecule has 0 saturated heterocycles. The van der Waals surface area contributed by atoms with E-state index in [9.17, 15) is 9.59 Å². The predicted molar refractivity (Wildman–Crippen MR) is 130 cm³/mol. The molecule has 4 aromatic rings. The van der Waals surface area contributed by atoms with Crippen LogP contribution in [0.3, 0.4) is 0 Å². The van der Waals surface area contributed by atoms with Gasteiger partial charge >= 0.3 is 11.2 Å². The number of hydrogen-bond acceptors (Lipinski definition) is 4. The average molecular weight is 431 g/mol. The molecule has 164 valence electrons. The van der Waals surface area contributed by atoms with Gasteiger partial charge in [0.1, 0.15) is 11.3 Å². The zero-order valence-electron chi connectivity index (χ0n) is 18.2. The predicted octanol–water partition coefficient (Wildman–Crippen LogP) is 4.68. The maximum absolute atomic E-state index is 13.1. The minimum absolute atomic E-state index is 0.296. The van der Waals surface area contributed by atoms with Crippen LogP contribution in [0.4, 0.5) is 0 Å². The molecule has 0 radical (unpaired) electrons. The second-order valence-electron chi connectivity index (χ2n) is 7.67. The van der Waals surface area contributed by atoms with Gasteiger partial charge in [0.2, 0.25) is 0 Å². The van der Waals surface area contributed by atoms with E-state index in [1.54, 1.807) is 25.5 Å². The van der Waals surface area contributed by atoms with Crippen LogP contribution >= 0.6 is 0 Å². The van der Waals surface area contributed by atoms with Crippen molar-refractivity contribution in [1.29, 1.82) is 0 Å². The number of aromatic nitrogens is 3. The SMILES string of the molecule is CCCCCC(/C=N/n1c(=O)[nH]c2c([nH]c3ccc(OC)cc32)c1=O)=C\c1ccccc1. The van der Waals surface area contributed by atoms with Crippen LogP contribution in [0.15, 0.2) is 68.8 Å². The van der Waals surface area contributed by atoms with Crippen LogP contribution in [-0.4, -0.2) is 28.0 Å². The number of nitrogens with one attached hydrogen (secondary N) is 2. The Balaban J connectivity index is 1.75. The van der Waals surface area contributed by atoms with Gasteiger partial charge in [-0.25, -0.2) is 4.79 Å². The number of fused-ring (bicyclic) bond motifs is 3. The number of nitrogens with zero attached hydrogens (tertiary/aromatic N) is 2. The highest BCUT2D eigenvalue weighted by molar-refractivity contribution is 6.04. The standard InChI is InChI=1S/C25H26N4O3/c1-3-4-6-11-18(14-17-9-7-5-8-10-17)16-26-29-24(30)23-22(28-25(29)31)20-15-19(32-2)12-13-21(20)27-23/h5,7-10,12-16,27H,3-4,6,11H2,1-2H3,(H,28,31)/b18-14+,26-16+. The summed E-state index contributed by atoms with van der Waals surface area (Å²) in [6.45, 7) is 2.15. The normalized spacial score (nSPS) is 12.2. The molecule has 2 N–H and O–H groups in total. The first kappa shape index (κ1) is 21.4. The van der Waals surface area contributed by atoms with Gasteiger partial charge in [0.25, 0.3) is 0 Å². The fourth-order valence-corrected chi connectivity index (χ4v) is 3.70. The van der Waals surface area contributed by atoms with Crippen molar-refractivity contribution in [1.82, 2.24) is 14.6 Å². The summed E-state index contributed by atoms with van der Waals surface area (Å²) in [6.07, 6.45) is 7.67. The Bertz CT molecular complexity index is 1410. The summed E-state index contributed by atoms with van der Waals surface area (Å²) in [4.78, 5) is 31.6. The highest BCUT2D eigenvalue weighted by Gasteiger charge is 2.13. The van der Waals surface area contributed by atoms with E-state index in [2.05, 4.69) is 22.0 Å². The lowest BCUT2D eigenvalue weighted by atomic mass is 10.1. The molecule has 0 amide bonds. The number of hydrogen-bond donors (Lipinski definition) is 2. The van der Waals surface area contributed by atoms with Crippen LogP contribution in [0, 0.1) is 0 Å². The van der Waals surface area contributed by atoms with Gasteiger partial charge in [-0.2, -0.15) is 5.10 Å². The van der Waals surface area contributed by atoms with Crippen LogP contribution in [0.5, 0.6) is 5.75 Å². The van der Waals surface area contributed by atoms with Gasteiger partial charge in [0, 0.05) is 10.9 Å². The molecule has 0 spiro atoms. The molecule has 7 nitrogen and oxygen atoms in total. The molecule has 0 fully saturated rings. The van der Waals surface area contributed by atoms with Gasteiger partial charge in [-0.05, 0) is 42.2 Å². The maximum Gasteiger partial charge on any atom is 0.350 e. The first-order valence-corrected chi connectivity index (χ1v) is 10.8. The number of H-pyrrole nitrogens is 2. The second kappa shape index (κ2) is 9.51. The van der Waals surface area contributed by atoms with Gasteiger partial charge < -0.3 is 14.7 Å². The summed E-state index contributed by atoms with van der Waals surface area (Å²) < 4.78 is 6.13. The molecular weight excluding hydrogens is 404 g/mol. The third-order valence-electron chi connectivity index (χ3n) is 5.40. The fraction of sp³-hybridized carbons (Fsp3) is 0.240. The molecule has 0 bridgehead atoms. The van der Waals surface area contributed by atoms with Crippen molar-refractivity contribution in [2.75, 3.05) is 7.11 Å². The summed E-state index contributed by atoms with van der Waals surface area (Å²) >= 11 is 0. The summed E-state index contributed by atoms with van der Waals surface area (Å²) in [5.74, 6) is 0.643. The smallest absolute Gasteiger partial charge is 0.350 e. The number of methoxy groups -OCH3 is 1. The number of unbranched alkanes of at least 4 members (excludes halogenated alkanes) is 2. The minimum Gasteiger partial charge on any atom is -0.497 e. The van der Waals surface area contributed by atoms with Crippen LogP contribution in [0.25, 0.3) is 28.0 Å². The number of allylic oxidation sites excluding steroid dienone is 1. The van der Waals surface area contributed by atoms with E-state index < -0.39 is 11.2 Å². The number of rotatable bonds is 8. The first-order valence-electron chi connectivity index (χ1n) is 10.8. The van der Waals surface area contributed by atoms with E-state index in [1.165, 1.54) is 0 Å². The van der Waals surface area contributed by atoms with Gasteiger partial charge in [-0.1, -0.05) is 56.2 Å². The Morgan fingerprint density at radius 3 is 2.62 bits per heavy atom. The van der Waals surface area contributed by atoms with E-state index in [0.29, 0.717) is 22.2 Å². The van der Waals surface area contributed by atoms with Crippen molar-refractivity contribution in [3.8, 4) is 5.75 Å². The summed E-state index contributed by atoms with van der Waals surface area (Å²) in [5, 5.41) is 4.97. The Morgan fingerprint density at radius 2 is 1.88 bits per heavy atom. The summed E-state index contributed by atoms with van der Waals surface area (Å²) in [5.41, 5.74) is 2.40. The Hall–Kier alpha value is -3.87. The second-order valence-corrected chi connectivity index (χ2v) is 7.67. The molecule has 0 unspecified atom stereocenters. The van der Waals surface area contributed by atoms with Crippen LogP contribution in [0.1, 0.15) is 38.2 Å². The molecule has 0 atom stereocenters. The molecular formula is C25H26N4O3. The summed E-state index contributed by atoms with van der Waals surface area (Å²) in [6, 6.07) is 15.3. The zero-order chi connectivity index (χ0) is 22.5. The fourth-order valence-electron chi connectivity index (χ4n) is 3.70. The van der Waals surface area contributed by atoms with E-state index in [0.717, 1.165) is 47.0 Å². The minimum atomic E-state index is -0.588. The van der Waals surface area contributed by atoms with Crippen LogP contribution in [-0.2, 0) is 0 Å². The lowest BCUT2D eigenvalue weighted by Crippen LogP contribution is -2.32. The van der Waals surface area contributed by atoms with Gasteiger partial charge in [0.05, 0.1) is 18.8 Å². The van der Waals surface area contributed by atoms with Crippen molar-refractivity contribution in [2.45, 2.75) is 32.6 Å². The highest BCUT2D eigenvalue weighted by Crippen LogP contribution is 2.25. The molecule has 0 aliphatic rings. The third-order valence-corrected chi connectivity index (χ3v) is 5.40. The Kier molecular flexibility index (Phi) is 6.35. The van der Waals surface area contributed by atoms with Crippen LogP contribution < -0.4 is 16.0 Å². The molecule has 4 rings (SSSR count). The van der Waals surface area contributed by atoms with Gasteiger partial charge in [-0.3, -0.25) is 4.79 Å². The molecule has 2 aromatic carbocycles. The molecule has 2 aromatic heterocycles. The van der Waals surface area contributed by atoms with E-state index in [-0.39, 0.29) is 0 Å². The zero-order valence-corrected chi connectivity index (χ0v) is 18.2. The molecule has 2 heterocycles. The number of ether oxygens (including phenoxy) is 1. The van der Waals surface area contributed by atoms with Crippen molar-refractivity contribution in [3.63, 3.8) is 0 Å². The Labute approximate surface area is 185 Å².